The summed E-state index contributed by atoms with van der Waals surface area (Å²) in [6.07, 6.45) is 1.26. The fraction of sp³-hybridized carbons (Fsp3) is 0.409. The lowest BCUT2D eigenvalue weighted by Gasteiger charge is -2.29. The molecule has 3 aromatic rings. The van der Waals surface area contributed by atoms with Crippen LogP contribution in [0.15, 0.2) is 29.1 Å². The van der Waals surface area contributed by atoms with Crippen LogP contribution in [0.4, 0.5) is 0 Å². The van der Waals surface area contributed by atoms with E-state index in [1.54, 1.807) is 0 Å². The summed E-state index contributed by atoms with van der Waals surface area (Å²) in [6.45, 7) is 5.65. The molecule has 0 fully saturated rings. The van der Waals surface area contributed by atoms with Crippen LogP contribution in [0.1, 0.15) is 34.3 Å². The number of thioether (sulfide) groups is 1. The van der Waals surface area contributed by atoms with Crippen LogP contribution in [0.25, 0.3) is 10.2 Å². The fourth-order valence-electron chi connectivity index (χ4n) is 3.94. The van der Waals surface area contributed by atoms with Gasteiger partial charge in [-0.05, 0) is 50.3 Å². The molecular weight excluding hydrogens is 418 g/mol. The first kappa shape index (κ1) is 21.1. The Hall–Kier alpha value is -2.16. The van der Waals surface area contributed by atoms with Gasteiger partial charge in [-0.15, -0.1) is 23.1 Å². The molecule has 8 heteroatoms. The molecule has 6 nitrogen and oxygen atoms in total. The molecule has 1 atom stereocenters. The Morgan fingerprint density at radius 3 is 2.63 bits per heavy atom. The van der Waals surface area contributed by atoms with Gasteiger partial charge in [0, 0.05) is 4.88 Å². The molecule has 0 radical (unpaired) electrons. The van der Waals surface area contributed by atoms with Crippen LogP contribution in [0, 0.1) is 13.8 Å². The number of carbonyl (C=O) groups is 1. The van der Waals surface area contributed by atoms with Gasteiger partial charge in [-0.25, -0.2) is 4.98 Å². The van der Waals surface area contributed by atoms with E-state index in [2.05, 4.69) is 15.3 Å². The van der Waals surface area contributed by atoms with Crippen LogP contribution in [-0.4, -0.2) is 38.4 Å². The topological polar surface area (TPSA) is 95.1 Å². The summed E-state index contributed by atoms with van der Waals surface area (Å²) in [5, 5.41) is 13.4. The van der Waals surface area contributed by atoms with Crippen LogP contribution >= 0.6 is 23.1 Å². The Morgan fingerprint density at radius 2 is 2.00 bits per heavy atom. The molecule has 0 saturated heterocycles. The highest BCUT2D eigenvalue weighted by Gasteiger charge is 2.38. The summed E-state index contributed by atoms with van der Waals surface area (Å²) >= 11 is 2.94. The molecule has 1 aliphatic carbocycles. The number of hydrogen-bond donors (Lipinski definition) is 3. The van der Waals surface area contributed by atoms with E-state index in [1.165, 1.54) is 34.2 Å². The van der Waals surface area contributed by atoms with Gasteiger partial charge in [-0.1, -0.05) is 24.3 Å². The lowest BCUT2D eigenvalue weighted by molar-refractivity contribution is -0.122. The van der Waals surface area contributed by atoms with Gasteiger partial charge in [0.25, 0.3) is 5.56 Å². The zero-order valence-electron chi connectivity index (χ0n) is 17.2. The molecule has 3 N–H and O–H groups in total. The normalized spacial score (nSPS) is 15.9. The molecule has 2 heterocycles. The summed E-state index contributed by atoms with van der Waals surface area (Å²) in [7, 11) is 0. The Labute approximate surface area is 183 Å². The standard InChI is InChI=1S/C22H25N3O3S2/c1-12-13(2)30-21-18(12)20(28)23-17(24-21)10-29-14(3)19(27)25-22(11-26)8-15-6-4-5-7-16(15)9-22/h4-7,14,26H,8-11H2,1-3H3,(H,25,27)(H,23,24,28)/t14-/m1/s1. The van der Waals surface area contributed by atoms with E-state index in [1.807, 2.05) is 45.0 Å². The number of rotatable bonds is 6. The van der Waals surface area contributed by atoms with E-state index in [9.17, 15) is 14.7 Å². The number of aliphatic hydroxyl groups is 1. The number of benzene rings is 1. The van der Waals surface area contributed by atoms with Crippen LogP contribution in [0.3, 0.4) is 0 Å². The van der Waals surface area contributed by atoms with Crippen molar-refractivity contribution in [1.82, 2.24) is 15.3 Å². The van der Waals surface area contributed by atoms with Gasteiger partial charge >= 0.3 is 0 Å². The molecule has 30 heavy (non-hydrogen) atoms. The quantitative estimate of drug-likeness (QED) is 0.545. The molecule has 1 amide bonds. The molecule has 2 aromatic heterocycles. The molecule has 0 saturated carbocycles. The SMILES string of the molecule is Cc1sc2nc(CS[C@H](C)C(=O)NC3(CO)Cc4ccccc4C3)[nH]c(=O)c2c1C. The third kappa shape index (κ3) is 3.91. The van der Waals surface area contributed by atoms with Crippen molar-refractivity contribution in [3.63, 3.8) is 0 Å². The van der Waals surface area contributed by atoms with Crippen molar-refractivity contribution in [2.75, 3.05) is 6.61 Å². The largest absolute Gasteiger partial charge is 0.394 e. The van der Waals surface area contributed by atoms with Gasteiger partial charge in [-0.2, -0.15) is 0 Å². The number of H-pyrrole nitrogens is 1. The van der Waals surface area contributed by atoms with E-state index < -0.39 is 5.54 Å². The number of nitrogens with one attached hydrogen (secondary N) is 2. The van der Waals surface area contributed by atoms with Crippen molar-refractivity contribution in [3.05, 3.63) is 62.0 Å². The summed E-state index contributed by atoms with van der Waals surface area (Å²) in [4.78, 5) is 34.5. The summed E-state index contributed by atoms with van der Waals surface area (Å²) in [5.74, 6) is 0.888. The Kier molecular flexibility index (Phi) is 5.74. The van der Waals surface area contributed by atoms with Crippen LogP contribution < -0.4 is 10.9 Å². The third-order valence-corrected chi connectivity index (χ3v) is 8.05. The van der Waals surface area contributed by atoms with E-state index in [4.69, 9.17) is 0 Å². The number of aryl methyl sites for hydroxylation is 2. The van der Waals surface area contributed by atoms with Gasteiger partial charge in [0.05, 0.1) is 28.5 Å². The minimum absolute atomic E-state index is 0.104. The van der Waals surface area contributed by atoms with Crippen molar-refractivity contribution in [3.8, 4) is 0 Å². The number of carbonyl (C=O) groups excluding carboxylic acids is 1. The highest BCUT2D eigenvalue weighted by Crippen LogP contribution is 2.31. The Balaban J connectivity index is 1.42. The monoisotopic (exact) mass is 443 g/mol. The molecule has 4 rings (SSSR count). The second-order valence-corrected chi connectivity index (χ2v) is 10.5. The molecular formula is C22H25N3O3S2. The first-order valence-corrected chi connectivity index (χ1v) is 11.8. The Bertz CT molecular complexity index is 1140. The predicted molar refractivity (Wildman–Crippen MR) is 122 cm³/mol. The lowest BCUT2D eigenvalue weighted by Crippen LogP contribution is -2.54. The zero-order valence-corrected chi connectivity index (χ0v) is 18.9. The molecule has 0 unspecified atom stereocenters. The minimum atomic E-state index is -0.646. The number of aromatic nitrogens is 2. The van der Waals surface area contributed by atoms with Crippen LogP contribution in [0.2, 0.25) is 0 Å². The van der Waals surface area contributed by atoms with Crippen molar-refractivity contribution < 1.29 is 9.90 Å². The van der Waals surface area contributed by atoms with Crippen molar-refractivity contribution in [2.24, 2.45) is 0 Å². The zero-order chi connectivity index (χ0) is 21.5. The maximum Gasteiger partial charge on any atom is 0.259 e. The molecule has 1 aliphatic rings. The van der Waals surface area contributed by atoms with Crippen LogP contribution in [0.5, 0.6) is 0 Å². The predicted octanol–water partition coefficient (Wildman–Crippen LogP) is 2.87. The molecule has 0 aliphatic heterocycles. The van der Waals surface area contributed by atoms with Gasteiger partial charge < -0.3 is 15.4 Å². The van der Waals surface area contributed by atoms with E-state index in [0.29, 0.717) is 29.8 Å². The molecule has 158 valence electrons. The average molecular weight is 444 g/mol. The number of amides is 1. The molecule has 0 spiro atoms. The highest BCUT2D eigenvalue weighted by molar-refractivity contribution is 7.99. The van der Waals surface area contributed by atoms with E-state index >= 15 is 0 Å². The van der Waals surface area contributed by atoms with Gasteiger partial charge in [0.1, 0.15) is 10.7 Å². The summed E-state index contributed by atoms with van der Waals surface area (Å²) in [6, 6.07) is 8.05. The fourth-order valence-corrected chi connectivity index (χ4v) is 5.75. The van der Waals surface area contributed by atoms with Crippen molar-refractivity contribution in [1.29, 1.82) is 0 Å². The van der Waals surface area contributed by atoms with Crippen molar-refractivity contribution in [2.45, 2.75) is 50.2 Å². The third-order valence-electron chi connectivity index (χ3n) is 5.79. The second-order valence-electron chi connectivity index (χ2n) is 7.98. The van der Waals surface area contributed by atoms with Crippen molar-refractivity contribution >= 4 is 39.2 Å². The molecule has 0 bridgehead atoms. The first-order chi connectivity index (χ1) is 14.3. The maximum atomic E-state index is 12.8. The van der Waals surface area contributed by atoms with E-state index in [0.717, 1.165) is 15.3 Å². The smallest absolute Gasteiger partial charge is 0.259 e. The highest BCUT2D eigenvalue weighted by atomic mass is 32.2. The summed E-state index contributed by atoms with van der Waals surface area (Å²) < 4.78 is 0. The number of hydrogen-bond acceptors (Lipinski definition) is 6. The first-order valence-electron chi connectivity index (χ1n) is 9.92. The average Bonchev–Trinajstić information content (AvgIpc) is 3.23. The number of aliphatic hydroxyl groups excluding tert-OH is 1. The number of aromatic amines is 1. The van der Waals surface area contributed by atoms with Gasteiger partial charge in [-0.3, -0.25) is 9.59 Å². The number of thiophene rings is 1. The Morgan fingerprint density at radius 1 is 1.33 bits per heavy atom. The number of fused-ring (bicyclic) bond motifs is 2. The maximum absolute atomic E-state index is 12.8. The molecule has 1 aromatic carbocycles. The minimum Gasteiger partial charge on any atom is -0.394 e. The van der Waals surface area contributed by atoms with E-state index in [-0.39, 0.29) is 23.3 Å². The van der Waals surface area contributed by atoms with Gasteiger partial charge in [0.15, 0.2) is 0 Å². The lowest BCUT2D eigenvalue weighted by atomic mass is 9.96. The van der Waals surface area contributed by atoms with Crippen LogP contribution in [-0.2, 0) is 23.4 Å². The number of nitrogens with zero attached hydrogens (tertiary/aromatic N) is 1. The summed E-state index contributed by atoms with van der Waals surface area (Å²) in [5.41, 5.74) is 2.54. The second kappa shape index (κ2) is 8.17. The van der Waals surface area contributed by atoms with Gasteiger partial charge in [0.2, 0.25) is 5.91 Å².